The lowest BCUT2D eigenvalue weighted by atomic mass is 9.73. The van der Waals surface area contributed by atoms with Gasteiger partial charge in [-0.1, -0.05) is 19.8 Å². The molecule has 1 spiro atoms. The summed E-state index contributed by atoms with van der Waals surface area (Å²) in [7, 11) is 0. The molecule has 1 aromatic carbocycles. The zero-order valence-corrected chi connectivity index (χ0v) is 20.7. The van der Waals surface area contributed by atoms with Crippen molar-refractivity contribution in [1.82, 2.24) is 15.1 Å². The first kappa shape index (κ1) is 24.3. The number of nitrogens with zero attached hydrogens (tertiary/aromatic N) is 2. The van der Waals surface area contributed by atoms with Crippen molar-refractivity contribution in [2.75, 3.05) is 25.0 Å². The summed E-state index contributed by atoms with van der Waals surface area (Å²) in [6.07, 6.45) is 3.78. The number of fused-ring (bicyclic) bond motifs is 1. The van der Waals surface area contributed by atoms with Gasteiger partial charge in [0.05, 0.1) is 5.69 Å². The molecule has 192 valence electrons. The van der Waals surface area contributed by atoms with Crippen molar-refractivity contribution >= 4 is 35.2 Å². The van der Waals surface area contributed by atoms with Gasteiger partial charge in [0.25, 0.3) is 11.8 Å². The Morgan fingerprint density at radius 2 is 1.83 bits per heavy atom. The molecule has 2 saturated heterocycles. The second kappa shape index (κ2) is 9.22. The third-order valence-electron chi connectivity index (χ3n) is 8.21. The van der Waals surface area contributed by atoms with E-state index in [1.807, 2.05) is 6.92 Å². The van der Waals surface area contributed by atoms with Crippen molar-refractivity contribution < 1.29 is 28.7 Å². The van der Waals surface area contributed by atoms with E-state index in [0.717, 1.165) is 24.2 Å². The number of carbonyl (C=O) groups excluding carboxylic acids is 5. The Morgan fingerprint density at radius 1 is 1.08 bits per heavy atom. The number of ether oxygens (including phenoxy) is 1. The van der Waals surface area contributed by atoms with Gasteiger partial charge >= 0.3 is 6.03 Å². The number of imide groups is 1. The maximum Gasteiger partial charge on any atom is 0.325 e. The highest BCUT2D eigenvalue weighted by Crippen LogP contribution is 2.38. The molecule has 10 nitrogen and oxygen atoms in total. The largest absolute Gasteiger partial charge is 0.479 e. The van der Waals surface area contributed by atoms with Gasteiger partial charge in [0.2, 0.25) is 5.91 Å². The Kier molecular flexibility index (Phi) is 6.22. The van der Waals surface area contributed by atoms with E-state index in [-0.39, 0.29) is 41.9 Å². The molecule has 5 rings (SSSR count). The molecule has 36 heavy (non-hydrogen) atoms. The molecule has 1 saturated carbocycles. The predicted octanol–water partition coefficient (Wildman–Crippen LogP) is 2.33. The fourth-order valence-corrected chi connectivity index (χ4v) is 5.86. The van der Waals surface area contributed by atoms with Crippen LogP contribution in [0, 0.1) is 11.8 Å². The first-order chi connectivity index (χ1) is 17.2. The maximum absolute atomic E-state index is 13.2. The molecule has 3 unspecified atom stereocenters. The van der Waals surface area contributed by atoms with E-state index in [1.165, 1.54) is 0 Å². The summed E-state index contributed by atoms with van der Waals surface area (Å²) in [6, 6.07) is 4.53. The molecule has 3 aliphatic heterocycles. The van der Waals surface area contributed by atoms with Crippen molar-refractivity contribution in [3.63, 3.8) is 0 Å². The highest BCUT2D eigenvalue weighted by atomic mass is 16.5. The molecular formula is C26H32N4O6. The van der Waals surface area contributed by atoms with Crippen molar-refractivity contribution in [2.24, 2.45) is 11.8 Å². The number of likely N-dealkylation sites (tertiary alicyclic amines) is 1. The average molecular weight is 497 g/mol. The Balaban J connectivity index is 1.18. The molecule has 3 atom stereocenters. The fourth-order valence-electron chi connectivity index (χ4n) is 5.86. The Morgan fingerprint density at radius 3 is 2.56 bits per heavy atom. The summed E-state index contributed by atoms with van der Waals surface area (Å²) in [4.78, 5) is 66.4. The number of anilines is 1. The number of amides is 5. The number of nitrogens with one attached hydrogen (secondary N) is 2. The summed E-state index contributed by atoms with van der Waals surface area (Å²) in [6.45, 7) is 4.12. The van der Waals surface area contributed by atoms with E-state index in [1.54, 1.807) is 30.0 Å². The summed E-state index contributed by atoms with van der Waals surface area (Å²) in [5.74, 6) is -0.564. The molecular weight excluding hydrogens is 464 g/mol. The third kappa shape index (κ3) is 4.12. The summed E-state index contributed by atoms with van der Waals surface area (Å²) in [5.41, 5.74) is 0.0882. The number of benzene rings is 1. The van der Waals surface area contributed by atoms with E-state index >= 15 is 0 Å². The number of carbonyl (C=O) groups is 5. The maximum atomic E-state index is 13.2. The molecule has 2 N–H and O–H groups in total. The van der Waals surface area contributed by atoms with Gasteiger partial charge in [-0.15, -0.1) is 0 Å². The molecule has 4 aliphatic rings. The second-order valence-electron chi connectivity index (χ2n) is 10.4. The lowest BCUT2D eigenvalue weighted by Gasteiger charge is -2.37. The molecule has 10 heteroatoms. The Bertz CT molecular complexity index is 1130. The predicted molar refractivity (Wildman–Crippen MR) is 129 cm³/mol. The van der Waals surface area contributed by atoms with Crippen LogP contribution in [0.4, 0.5) is 10.5 Å². The number of hydrogen-bond acceptors (Lipinski definition) is 6. The minimum absolute atomic E-state index is 0.0384. The number of urea groups is 1. The first-order valence-corrected chi connectivity index (χ1v) is 12.8. The molecule has 3 fully saturated rings. The van der Waals surface area contributed by atoms with Gasteiger partial charge in [-0.3, -0.25) is 24.1 Å². The van der Waals surface area contributed by atoms with E-state index < -0.39 is 17.7 Å². The standard InChI is InChI=1S/C26H32N4O6/c1-15-5-3-4-10-26(15)24(34)30(25(35)28-26)14-21(31)29-11-8-17(9-12-29)22(32)18-6-7-20-19(13-18)27-23(33)16(2)36-20/h6-7,13,15-17H,3-5,8-12,14H2,1-2H3,(H,27,33)(H,28,35). The van der Waals surface area contributed by atoms with Gasteiger partial charge in [-0.2, -0.15) is 0 Å². The average Bonchev–Trinajstić information content (AvgIpc) is 3.10. The van der Waals surface area contributed by atoms with Crippen LogP contribution in [0.15, 0.2) is 18.2 Å². The summed E-state index contributed by atoms with van der Waals surface area (Å²) >= 11 is 0. The van der Waals surface area contributed by atoms with Gasteiger partial charge < -0.3 is 20.3 Å². The lowest BCUT2D eigenvalue weighted by molar-refractivity contribution is -0.141. The van der Waals surface area contributed by atoms with Crippen molar-refractivity contribution in [2.45, 2.75) is 64.0 Å². The normalized spacial score (nSPS) is 28.4. The zero-order chi connectivity index (χ0) is 25.6. The molecule has 5 amide bonds. The molecule has 3 heterocycles. The number of rotatable bonds is 4. The third-order valence-corrected chi connectivity index (χ3v) is 8.21. The molecule has 1 aromatic rings. The van der Waals surface area contributed by atoms with E-state index in [9.17, 15) is 24.0 Å². The number of Topliss-reactive ketones (excluding diaryl/α,β-unsaturated/α-hetero) is 1. The van der Waals surface area contributed by atoms with Crippen LogP contribution in [0.2, 0.25) is 0 Å². The summed E-state index contributed by atoms with van der Waals surface area (Å²) < 4.78 is 5.55. The van der Waals surface area contributed by atoms with E-state index in [2.05, 4.69) is 10.6 Å². The number of piperidine rings is 1. The topological polar surface area (TPSA) is 125 Å². The molecule has 0 aromatic heterocycles. The summed E-state index contributed by atoms with van der Waals surface area (Å²) in [5, 5.41) is 5.64. The van der Waals surface area contributed by atoms with Crippen LogP contribution in [0.1, 0.15) is 62.7 Å². The van der Waals surface area contributed by atoms with Gasteiger partial charge in [-0.05, 0) is 56.7 Å². The van der Waals surface area contributed by atoms with E-state index in [0.29, 0.717) is 49.4 Å². The quantitative estimate of drug-likeness (QED) is 0.487. The number of hydrogen-bond donors (Lipinski definition) is 2. The number of ketones is 1. The molecule has 0 radical (unpaired) electrons. The SMILES string of the molecule is CC1Oc2ccc(C(=O)C3CCN(C(=O)CN4C(=O)NC5(CCCCC5C)C4=O)CC3)cc2NC1=O. The molecule has 0 bridgehead atoms. The zero-order valence-electron chi connectivity index (χ0n) is 20.7. The lowest BCUT2D eigenvalue weighted by Crippen LogP contribution is -2.54. The van der Waals surface area contributed by atoms with Crippen LogP contribution >= 0.6 is 0 Å². The van der Waals surface area contributed by atoms with Crippen molar-refractivity contribution in [3.05, 3.63) is 23.8 Å². The first-order valence-electron chi connectivity index (χ1n) is 12.8. The Hall–Kier alpha value is -3.43. The van der Waals surface area contributed by atoms with Crippen molar-refractivity contribution in [1.29, 1.82) is 0 Å². The van der Waals surface area contributed by atoms with Gasteiger partial charge in [-0.25, -0.2) is 4.79 Å². The van der Waals surface area contributed by atoms with Gasteiger partial charge in [0.1, 0.15) is 17.8 Å². The minimum atomic E-state index is -0.882. The highest BCUT2D eigenvalue weighted by molar-refractivity contribution is 6.09. The van der Waals surface area contributed by atoms with Crippen LogP contribution in [0.3, 0.4) is 0 Å². The van der Waals surface area contributed by atoms with Gasteiger partial charge in [0, 0.05) is 24.6 Å². The van der Waals surface area contributed by atoms with Crippen LogP contribution < -0.4 is 15.4 Å². The van der Waals surface area contributed by atoms with Crippen LogP contribution in [0.5, 0.6) is 5.75 Å². The van der Waals surface area contributed by atoms with E-state index in [4.69, 9.17) is 4.74 Å². The molecule has 1 aliphatic carbocycles. The van der Waals surface area contributed by atoms with Crippen molar-refractivity contribution in [3.8, 4) is 5.75 Å². The smallest absolute Gasteiger partial charge is 0.325 e. The fraction of sp³-hybridized carbons (Fsp3) is 0.577. The van der Waals surface area contributed by atoms with Gasteiger partial charge in [0.15, 0.2) is 11.9 Å². The Labute approximate surface area is 209 Å². The highest BCUT2D eigenvalue weighted by Gasteiger charge is 2.55. The second-order valence-corrected chi connectivity index (χ2v) is 10.4. The monoisotopic (exact) mass is 496 g/mol. The minimum Gasteiger partial charge on any atom is -0.479 e. The van der Waals surface area contributed by atoms with Crippen LogP contribution in [0.25, 0.3) is 0 Å². The van der Waals surface area contributed by atoms with Crippen LogP contribution in [-0.4, -0.2) is 70.6 Å². The van der Waals surface area contributed by atoms with Crippen LogP contribution in [-0.2, 0) is 14.4 Å².